The van der Waals surface area contributed by atoms with Crippen molar-refractivity contribution < 1.29 is 4.79 Å². The fourth-order valence-electron chi connectivity index (χ4n) is 2.75. The van der Waals surface area contributed by atoms with Crippen molar-refractivity contribution in [2.75, 3.05) is 42.3 Å². The monoisotopic (exact) mass is 355 g/mol. The summed E-state index contributed by atoms with van der Waals surface area (Å²) in [6.45, 7) is 7.93. The predicted octanol–water partition coefficient (Wildman–Crippen LogP) is 3.73. The van der Waals surface area contributed by atoms with E-state index in [4.69, 9.17) is 0 Å². The Morgan fingerprint density at radius 1 is 1.04 bits per heavy atom. The van der Waals surface area contributed by atoms with Crippen LogP contribution in [0.5, 0.6) is 0 Å². The number of aromatic nitrogens is 2. The van der Waals surface area contributed by atoms with Crippen molar-refractivity contribution in [2.24, 2.45) is 0 Å². The van der Waals surface area contributed by atoms with E-state index in [0.29, 0.717) is 11.5 Å². The van der Waals surface area contributed by atoms with Gasteiger partial charge in [0.05, 0.1) is 0 Å². The summed E-state index contributed by atoms with van der Waals surface area (Å²) in [6.07, 6.45) is 2.06. The molecule has 1 heterocycles. The van der Waals surface area contributed by atoms with Gasteiger partial charge >= 0.3 is 0 Å². The molecule has 0 fully saturated rings. The van der Waals surface area contributed by atoms with Gasteiger partial charge in [-0.1, -0.05) is 13.8 Å². The molecule has 0 aliphatic heterocycles. The molecule has 0 saturated heterocycles. The molecule has 140 valence electrons. The van der Waals surface area contributed by atoms with Gasteiger partial charge in [-0.05, 0) is 44.0 Å². The molecule has 0 bridgehead atoms. The van der Waals surface area contributed by atoms with Crippen LogP contribution in [0.4, 0.5) is 17.2 Å². The second-order valence-electron chi connectivity index (χ2n) is 6.54. The zero-order valence-electron chi connectivity index (χ0n) is 16.4. The van der Waals surface area contributed by atoms with Crippen LogP contribution in [0.2, 0.25) is 0 Å². The first-order valence-corrected chi connectivity index (χ1v) is 9.14. The molecule has 0 saturated carbocycles. The maximum atomic E-state index is 12.6. The minimum atomic E-state index is -0.220. The van der Waals surface area contributed by atoms with E-state index >= 15 is 0 Å². The summed E-state index contributed by atoms with van der Waals surface area (Å²) < 4.78 is 0. The summed E-state index contributed by atoms with van der Waals surface area (Å²) >= 11 is 0. The van der Waals surface area contributed by atoms with Crippen LogP contribution in [0.15, 0.2) is 30.3 Å². The lowest BCUT2D eigenvalue weighted by molar-refractivity contribution is 0.102. The van der Waals surface area contributed by atoms with Crippen LogP contribution in [0.3, 0.4) is 0 Å². The first kappa shape index (κ1) is 19.7. The highest BCUT2D eigenvalue weighted by molar-refractivity contribution is 6.03. The highest BCUT2D eigenvalue weighted by Crippen LogP contribution is 2.18. The smallest absolute Gasteiger partial charge is 0.274 e. The molecule has 26 heavy (non-hydrogen) atoms. The van der Waals surface area contributed by atoms with Crippen LogP contribution in [-0.4, -0.2) is 43.1 Å². The van der Waals surface area contributed by atoms with Crippen LogP contribution in [0, 0.1) is 6.92 Å². The molecule has 0 aliphatic rings. The molecule has 0 aliphatic carbocycles. The second kappa shape index (κ2) is 9.17. The van der Waals surface area contributed by atoms with E-state index in [1.165, 1.54) is 0 Å². The molecule has 0 spiro atoms. The lowest BCUT2D eigenvalue weighted by atomic mass is 10.2. The van der Waals surface area contributed by atoms with Crippen LogP contribution < -0.4 is 15.1 Å². The van der Waals surface area contributed by atoms with Crippen LogP contribution in [0.25, 0.3) is 0 Å². The summed E-state index contributed by atoms with van der Waals surface area (Å²) in [4.78, 5) is 25.7. The fraction of sp³-hybridized carbons (Fsp3) is 0.450. The van der Waals surface area contributed by atoms with Gasteiger partial charge in [-0.15, -0.1) is 0 Å². The first-order valence-electron chi connectivity index (χ1n) is 9.14. The molecule has 0 unspecified atom stereocenters. The molecule has 2 aromatic rings. The third-order valence-electron chi connectivity index (χ3n) is 4.01. The van der Waals surface area contributed by atoms with E-state index in [0.717, 1.165) is 43.1 Å². The molecule has 1 aromatic heterocycles. The van der Waals surface area contributed by atoms with E-state index < -0.39 is 0 Å². The van der Waals surface area contributed by atoms with Crippen LogP contribution in [-0.2, 0) is 0 Å². The number of carbonyl (C=O) groups excluding carboxylic acids is 1. The molecular formula is C20H29N5O. The van der Waals surface area contributed by atoms with Crippen molar-refractivity contribution in [1.29, 1.82) is 0 Å². The van der Waals surface area contributed by atoms with Crippen LogP contribution in [0.1, 0.15) is 43.0 Å². The number of nitrogens with one attached hydrogen (secondary N) is 1. The van der Waals surface area contributed by atoms with Crippen molar-refractivity contribution in [3.63, 3.8) is 0 Å². The minimum Gasteiger partial charge on any atom is -0.378 e. The third kappa shape index (κ3) is 5.18. The molecule has 6 nitrogen and oxygen atoms in total. The van der Waals surface area contributed by atoms with Crippen molar-refractivity contribution in [3.8, 4) is 0 Å². The van der Waals surface area contributed by atoms with Gasteiger partial charge in [-0.3, -0.25) is 4.79 Å². The summed E-state index contributed by atoms with van der Waals surface area (Å²) in [6, 6.07) is 9.50. The lowest BCUT2D eigenvalue weighted by Gasteiger charge is -2.23. The Labute approximate surface area is 156 Å². The van der Waals surface area contributed by atoms with E-state index in [1.54, 1.807) is 6.07 Å². The third-order valence-corrected chi connectivity index (χ3v) is 4.01. The number of nitrogens with zero attached hydrogens (tertiary/aromatic N) is 4. The normalized spacial score (nSPS) is 10.5. The maximum absolute atomic E-state index is 12.6. The van der Waals surface area contributed by atoms with Gasteiger partial charge in [0.2, 0.25) is 0 Å². The maximum Gasteiger partial charge on any atom is 0.274 e. The molecule has 1 amide bonds. The molecule has 0 radical (unpaired) electrons. The summed E-state index contributed by atoms with van der Waals surface area (Å²) in [5.74, 6) is 1.20. The van der Waals surface area contributed by atoms with Crippen molar-refractivity contribution in [2.45, 2.75) is 33.6 Å². The van der Waals surface area contributed by atoms with Crippen molar-refractivity contribution >= 4 is 23.1 Å². The quantitative estimate of drug-likeness (QED) is 0.782. The van der Waals surface area contributed by atoms with E-state index in [-0.39, 0.29) is 5.91 Å². The van der Waals surface area contributed by atoms with Crippen molar-refractivity contribution in [1.82, 2.24) is 9.97 Å². The van der Waals surface area contributed by atoms with Gasteiger partial charge in [0.25, 0.3) is 5.91 Å². The highest BCUT2D eigenvalue weighted by atomic mass is 16.1. The average molecular weight is 355 g/mol. The number of benzene rings is 1. The lowest BCUT2D eigenvalue weighted by Crippen LogP contribution is -2.27. The Balaban J connectivity index is 2.20. The van der Waals surface area contributed by atoms with Crippen molar-refractivity contribution in [3.05, 3.63) is 41.9 Å². The Morgan fingerprint density at radius 3 is 2.19 bits per heavy atom. The van der Waals surface area contributed by atoms with E-state index in [9.17, 15) is 4.79 Å². The Kier molecular flexibility index (Phi) is 6.95. The predicted molar refractivity (Wildman–Crippen MR) is 108 cm³/mol. The number of anilines is 3. The number of aryl methyl sites for hydroxylation is 1. The van der Waals surface area contributed by atoms with Gasteiger partial charge in [0.15, 0.2) is 0 Å². The number of carbonyl (C=O) groups is 1. The number of rotatable bonds is 8. The Bertz CT molecular complexity index is 721. The molecule has 1 N–H and O–H groups in total. The number of amides is 1. The summed E-state index contributed by atoms with van der Waals surface area (Å²) in [7, 11) is 3.97. The molecule has 1 aromatic carbocycles. The van der Waals surface area contributed by atoms with Gasteiger partial charge < -0.3 is 15.1 Å². The average Bonchev–Trinajstić information content (AvgIpc) is 2.61. The van der Waals surface area contributed by atoms with Crippen LogP contribution >= 0.6 is 0 Å². The Hall–Kier alpha value is -2.63. The van der Waals surface area contributed by atoms with Gasteiger partial charge in [0.1, 0.15) is 17.3 Å². The zero-order valence-corrected chi connectivity index (χ0v) is 16.4. The van der Waals surface area contributed by atoms with Gasteiger partial charge in [-0.2, -0.15) is 0 Å². The zero-order chi connectivity index (χ0) is 19.1. The van der Waals surface area contributed by atoms with E-state index in [2.05, 4.69) is 34.0 Å². The van der Waals surface area contributed by atoms with Gasteiger partial charge in [0, 0.05) is 44.6 Å². The molecule has 6 heteroatoms. The Morgan fingerprint density at radius 2 is 1.65 bits per heavy atom. The molecule has 0 atom stereocenters. The van der Waals surface area contributed by atoms with E-state index in [1.807, 2.05) is 50.2 Å². The summed E-state index contributed by atoms with van der Waals surface area (Å²) in [5, 5.41) is 2.92. The largest absolute Gasteiger partial charge is 0.378 e. The first-order chi connectivity index (χ1) is 12.4. The fourth-order valence-corrected chi connectivity index (χ4v) is 2.75. The molecular weight excluding hydrogens is 326 g/mol. The SMILES string of the molecule is CCCN(CCC)c1cc(C(=O)Nc2ccc(N(C)C)cc2)nc(C)n1. The highest BCUT2D eigenvalue weighted by Gasteiger charge is 2.14. The standard InChI is InChI=1S/C20H29N5O/c1-6-12-25(13-7-2)19-14-18(21-15(3)22-19)20(26)23-16-8-10-17(11-9-16)24(4)5/h8-11,14H,6-7,12-13H2,1-5H3,(H,23,26). The topological polar surface area (TPSA) is 61.4 Å². The minimum absolute atomic E-state index is 0.220. The number of hydrogen-bond donors (Lipinski definition) is 1. The second-order valence-corrected chi connectivity index (χ2v) is 6.54. The summed E-state index contributed by atoms with van der Waals surface area (Å²) in [5.41, 5.74) is 2.22. The number of hydrogen-bond acceptors (Lipinski definition) is 5. The molecule has 2 rings (SSSR count). The van der Waals surface area contributed by atoms with Gasteiger partial charge in [-0.25, -0.2) is 9.97 Å².